The van der Waals surface area contributed by atoms with Crippen LogP contribution in [0.3, 0.4) is 0 Å². The van der Waals surface area contributed by atoms with Gasteiger partial charge in [-0.15, -0.1) is 0 Å². The number of aromatic amines is 1. The van der Waals surface area contributed by atoms with Gasteiger partial charge < -0.3 is 20.4 Å². The first-order valence-corrected chi connectivity index (χ1v) is 12.9. The van der Waals surface area contributed by atoms with Crippen LogP contribution in [0.5, 0.6) is 5.75 Å². The number of nitrogens with one attached hydrogen (secondary N) is 1. The number of ketones is 1. The highest BCUT2D eigenvalue weighted by molar-refractivity contribution is 9.11. The molecule has 2 heterocycles. The number of hydrogen-bond acceptors (Lipinski definition) is 5. The van der Waals surface area contributed by atoms with Crippen LogP contribution in [0.25, 0.3) is 11.3 Å². The number of likely N-dealkylation sites (tertiary alicyclic amines) is 1. The number of H-pyrrole nitrogens is 1. The Kier molecular flexibility index (Phi) is 7.81. The zero-order valence-corrected chi connectivity index (χ0v) is 22.4. The molecule has 35 heavy (non-hydrogen) atoms. The van der Waals surface area contributed by atoms with E-state index in [0.717, 1.165) is 5.56 Å². The molecule has 0 aliphatic carbocycles. The van der Waals surface area contributed by atoms with Crippen LogP contribution in [-0.2, 0) is 4.79 Å². The summed E-state index contributed by atoms with van der Waals surface area (Å²) in [4.78, 5) is 42.7. The van der Waals surface area contributed by atoms with Crippen molar-refractivity contribution in [1.82, 2.24) is 14.5 Å². The quantitative estimate of drug-likeness (QED) is 0.297. The number of nitrogen functional groups attached to an aromatic ring is 1. The molecule has 1 fully saturated rings. The Bertz CT molecular complexity index is 1290. The fourth-order valence-electron chi connectivity index (χ4n) is 4.35. The second-order valence-corrected chi connectivity index (χ2v) is 10.2. The van der Waals surface area contributed by atoms with E-state index in [1.54, 1.807) is 28.7 Å². The Balaban J connectivity index is 1.34. The van der Waals surface area contributed by atoms with Gasteiger partial charge in [-0.05, 0) is 69.0 Å². The van der Waals surface area contributed by atoms with Crippen molar-refractivity contribution in [3.05, 3.63) is 67.6 Å². The van der Waals surface area contributed by atoms with Gasteiger partial charge in [-0.2, -0.15) is 0 Å². The number of piperidine rings is 1. The summed E-state index contributed by atoms with van der Waals surface area (Å²) < 4.78 is 8.40. The summed E-state index contributed by atoms with van der Waals surface area (Å²) in [5.41, 5.74) is 8.25. The van der Waals surface area contributed by atoms with Gasteiger partial charge in [0, 0.05) is 58.2 Å². The normalized spacial score (nSPS) is 14.2. The van der Waals surface area contributed by atoms with Gasteiger partial charge >= 0.3 is 5.69 Å². The minimum atomic E-state index is -0.179. The van der Waals surface area contributed by atoms with Crippen molar-refractivity contribution in [3.63, 3.8) is 0 Å². The van der Waals surface area contributed by atoms with E-state index in [0.29, 0.717) is 57.6 Å². The largest absolute Gasteiger partial charge is 0.496 e. The van der Waals surface area contributed by atoms with Crippen molar-refractivity contribution in [2.24, 2.45) is 0 Å². The summed E-state index contributed by atoms with van der Waals surface area (Å²) in [6.07, 6.45) is 3.43. The summed E-state index contributed by atoms with van der Waals surface area (Å²) >= 11 is 6.69. The number of ether oxygens (including phenoxy) is 1. The summed E-state index contributed by atoms with van der Waals surface area (Å²) in [7, 11) is 1.60. The molecule has 1 aliphatic rings. The number of rotatable bonds is 7. The summed E-state index contributed by atoms with van der Waals surface area (Å²) in [5.74, 6) is 0.522. The van der Waals surface area contributed by atoms with E-state index in [1.807, 2.05) is 30.5 Å². The number of amides is 1. The smallest absolute Gasteiger partial charge is 0.326 e. The third-order valence-electron chi connectivity index (χ3n) is 6.32. The molecule has 184 valence electrons. The SMILES string of the molecule is COc1ccccc1-c1cn(C2CCN(C(=O)CCC(=O)c3cc(Br)c(N)c(Br)c3)CC2)c(=O)[nH]1. The number of hydrogen-bond donors (Lipinski definition) is 2. The Morgan fingerprint density at radius 2 is 1.77 bits per heavy atom. The molecule has 1 aromatic heterocycles. The summed E-state index contributed by atoms with van der Waals surface area (Å²) in [5, 5.41) is 0. The maximum absolute atomic E-state index is 12.7. The van der Waals surface area contributed by atoms with E-state index in [4.69, 9.17) is 10.5 Å². The lowest BCUT2D eigenvalue weighted by atomic mass is 10.0. The van der Waals surface area contributed by atoms with Crippen LogP contribution in [-0.4, -0.2) is 46.3 Å². The van der Waals surface area contributed by atoms with E-state index in [1.165, 1.54) is 0 Å². The Hall–Kier alpha value is -2.85. The van der Waals surface area contributed by atoms with Crippen molar-refractivity contribution < 1.29 is 14.3 Å². The Morgan fingerprint density at radius 3 is 2.43 bits per heavy atom. The monoisotopic (exact) mass is 604 g/mol. The number of aromatic nitrogens is 2. The van der Waals surface area contributed by atoms with Crippen LogP contribution < -0.4 is 16.2 Å². The van der Waals surface area contributed by atoms with Gasteiger partial charge in [0.25, 0.3) is 0 Å². The van der Waals surface area contributed by atoms with Crippen molar-refractivity contribution >= 4 is 49.2 Å². The van der Waals surface area contributed by atoms with Crippen LogP contribution in [0.4, 0.5) is 5.69 Å². The van der Waals surface area contributed by atoms with Gasteiger partial charge in [0.2, 0.25) is 5.91 Å². The average Bonchev–Trinajstić information content (AvgIpc) is 3.26. The van der Waals surface area contributed by atoms with Crippen molar-refractivity contribution in [2.45, 2.75) is 31.7 Å². The summed E-state index contributed by atoms with van der Waals surface area (Å²) in [6, 6.07) is 10.9. The van der Waals surface area contributed by atoms with Gasteiger partial charge in [0.1, 0.15) is 5.75 Å². The fraction of sp³-hybridized carbons (Fsp3) is 0.320. The molecule has 10 heteroatoms. The first-order chi connectivity index (χ1) is 16.8. The molecule has 0 spiro atoms. The first-order valence-electron chi connectivity index (χ1n) is 11.3. The van der Waals surface area contributed by atoms with Crippen molar-refractivity contribution in [1.29, 1.82) is 0 Å². The van der Waals surface area contributed by atoms with E-state index in [-0.39, 0.29) is 36.3 Å². The second kappa shape index (κ2) is 10.8. The maximum atomic E-state index is 12.7. The molecule has 1 saturated heterocycles. The molecular weight excluding hydrogens is 580 g/mol. The minimum absolute atomic E-state index is 0.00244. The number of nitrogens with zero attached hydrogens (tertiary/aromatic N) is 2. The molecule has 4 rings (SSSR count). The zero-order chi connectivity index (χ0) is 25.1. The van der Waals surface area contributed by atoms with Crippen molar-refractivity contribution in [3.8, 4) is 17.0 Å². The highest BCUT2D eigenvalue weighted by atomic mass is 79.9. The van der Waals surface area contributed by atoms with Gasteiger partial charge in [0.05, 0.1) is 18.5 Å². The van der Waals surface area contributed by atoms with Gasteiger partial charge in [-0.25, -0.2) is 4.79 Å². The van der Waals surface area contributed by atoms with Gasteiger partial charge in [-0.3, -0.25) is 14.2 Å². The number of para-hydroxylation sites is 1. The molecule has 0 unspecified atom stereocenters. The molecule has 8 nitrogen and oxygen atoms in total. The number of nitrogens with two attached hydrogens (primary N) is 1. The highest BCUT2D eigenvalue weighted by Gasteiger charge is 2.26. The van der Waals surface area contributed by atoms with Crippen LogP contribution in [0.2, 0.25) is 0 Å². The number of imidazole rings is 1. The number of carbonyl (C=O) groups excluding carboxylic acids is 2. The number of halogens is 2. The fourth-order valence-corrected chi connectivity index (χ4v) is 5.53. The molecule has 0 atom stereocenters. The van der Waals surface area contributed by atoms with E-state index >= 15 is 0 Å². The molecule has 2 aromatic carbocycles. The Labute approximate surface area is 219 Å². The topological polar surface area (TPSA) is 110 Å². The Morgan fingerprint density at radius 1 is 1.11 bits per heavy atom. The molecule has 1 aliphatic heterocycles. The number of Topliss-reactive ketones (excluding diaryl/α,β-unsaturated/α-hetero) is 1. The lowest BCUT2D eigenvalue weighted by Crippen LogP contribution is -2.40. The van der Waals surface area contributed by atoms with Crippen LogP contribution in [0.15, 0.2) is 56.3 Å². The van der Waals surface area contributed by atoms with E-state index in [2.05, 4.69) is 36.8 Å². The highest BCUT2D eigenvalue weighted by Crippen LogP contribution is 2.31. The molecular formula is C25H26Br2N4O4. The maximum Gasteiger partial charge on any atom is 0.326 e. The second-order valence-electron chi connectivity index (χ2n) is 8.47. The van der Waals surface area contributed by atoms with Crippen LogP contribution in [0, 0.1) is 0 Å². The molecule has 1 amide bonds. The molecule has 0 radical (unpaired) electrons. The number of anilines is 1. The third-order valence-corrected chi connectivity index (χ3v) is 7.63. The first kappa shape index (κ1) is 25.2. The zero-order valence-electron chi connectivity index (χ0n) is 19.2. The van der Waals surface area contributed by atoms with E-state index in [9.17, 15) is 14.4 Å². The number of carbonyl (C=O) groups is 2. The lowest BCUT2D eigenvalue weighted by molar-refractivity contribution is -0.132. The number of benzene rings is 2. The van der Waals surface area contributed by atoms with Crippen molar-refractivity contribution in [2.75, 3.05) is 25.9 Å². The molecule has 0 saturated carbocycles. The predicted octanol–water partition coefficient (Wildman–Crippen LogP) is 4.79. The van der Waals surface area contributed by atoms with Crippen LogP contribution in [0.1, 0.15) is 42.1 Å². The summed E-state index contributed by atoms with van der Waals surface area (Å²) in [6.45, 7) is 1.08. The van der Waals surface area contributed by atoms with E-state index < -0.39 is 0 Å². The molecule has 3 aromatic rings. The van der Waals surface area contributed by atoms with Gasteiger partial charge in [-0.1, -0.05) is 12.1 Å². The minimum Gasteiger partial charge on any atom is -0.496 e. The van der Waals surface area contributed by atoms with Crippen LogP contribution >= 0.6 is 31.9 Å². The molecule has 3 N–H and O–H groups in total. The average molecular weight is 606 g/mol. The number of methoxy groups -OCH3 is 1. The predicted molar refractivity (Wildman–Crippen MR) is 142 cm³/mol. The van der Waals surface area contributed by atoms with Gasteiger partial charge in [0.15, 0.2) is 5.78 Å². The third kappa shape index (κ3) is 5.54. The molecule has 0 bridgehead atoms. The standard InChI is InChI=1S/C25H26Br2N4O4/c1-35-22-5-3-2-4-17(22)20-14-31(25(34)29-20)16-8-10-30(11-9-16)23(33)7-6-21(32)15-12-18(26)24(28)19(27)13-15/h2-5,12-14,16H,6-11,28H2,1H3,(H,29,34). The lowest BCUT2D eigenvalue weighted by Gasteiger charge is -2.32.